The summed E-state index contributed by atoms with van der Waals surface area (Å²) in [5.41, 5.74) is 2.38. The van der Waals surface area contributed by atoms with Gasteiger partial charge in [-0.25, -0.2) is 9.97 Å². The number of fused-ring (bicyclic) bond motifs is 3. The molecule has 0 bridgehead atoms. The van der Waals surface area contributed by atoms with Gasteiger partial charge in [0, 0.05) is 24.5 Å². The summed E-state index contributed by atoms with van der Waals surface area (Å²) >= 11 is 0. The summed E-state index contributed by atoms with van der Waals surface area (Å²) in [6.07, 6.45) is 8.21. The van der Waals surface area contributed by atoms with Crippen LogP contribution in [0.25, 0.3) is 22.1 Å². The molecule has 2 aromatic heterocycles. The van der Waals surface area contributed by atoms with Crippen LogP contribution in [0.15, 0.2) is 35.0 Å². The fourth-order valence-electron chi connectivity index (χ4n) is 4.51. The average Bonchev–Trinajstić information content (AvgIpc) is 3.35. The van der Waals surface area contributed by atoms with E-state index in [0.717, 1.165) is 60.1 Å². The van der Waals surface area contributed by atoms with Gasteiger partial charge < -0.3 is 14.6 Å². The van der Waals surface area contributed by atoms with Gasteiger partial charge in [0.15, 0.2) is 11.4 Å². The average molecular weight is 364 g/mol. The van der Waals surface area contributed by atoms with Crippen LogP contribution in [0.4, 0.5) is 5.82 Å². The number of nitrogens with one attached hydrogen (secondary N) is 1. The Hall–Kier alpha value is -2.63. The van der Waals surface area contributed by atoms with Crippen LogP contribution in [-0.2, 0) is 4.79 Å². The standard InChI is InChI=1S/C21H24N4O2/c26-21(24-15-7-1-2-8-15)14-6-5-11-25(12-14)20-19-18(22-13-23-20)16-9-3-4-10-17(16)27-19/h3-4,9-10,13-15H,1-2,5-8,11-12H2,(H,24,26)/t14-/m0/s1. The maximum absolute atomic E-state index is 12.7. The molecule has 0 radical (unpaired) electrons. The number of furan rings is 1. The zero-order valence-electron chi connectivity index (χ0n) is 15.4. The van der Waals surface area contributed by atoms with Gasteiger partial charge in [0.2, 0.25) is 5.91 Å². The lowest BCUT2D eigenvalue weighted by atomic mass is 9.96. The lowest BCUT2D eigenvalue weighted by Gasteiger charge is -2.33. The number of nitrogens with zero attached hydrogens (tertiary/aromatic N) is 3. The Morgan fingerprint density at radius 3 is 2.85 bits per heavy atom. The zero-order chi connectivity index (χ0) is 18.2. The Labute approximate surface area is 158 Å². The number of para-hydroxylation sites is 1. The molecule has 140 valence electrons. The molecule has 2 fully saturated rings. The van der Waals surface area contributed by atoms with Crippen molar-refractivity contribution in [3.05, 3.63) is 30.6 Å². The highest BCUT2D eigenvalue weighted by atomic mass is 16.3. The first kappa shape index (κ1) is 16.5. The summed E-state index contributed by atoms with van der Waals surface area (Å²) in [6, 6.07) is 8.29. The molecular formula is C21H24N4O2. The largest absolute Gasteiger partial charge is 0.450 e. The van der Waals surface area contributed by atoms with Crippen LogP contribution in [0.2, 0.25) is 0 Å². The van der Waals surface area contributed by atoms with E-state index in [2.05, 4.69) is 20.2 Å². The van der Waals surface area contributed by atoms with E-state index in [9.17, 15) is 4.79 Å². The molecule has 27 heavy (non-hydrogen) atoms. The second kappa shape index (κ2) is 6.83. The Morgan fingerprint density at radius 2 is 1.96 bits per heavy atom. The third-order valence-electron chi connectivity index (χ3n) is 5.93. The van der Waals surface area contributed by atoms with Gasteiger partial charge in [0.05, 0.1) is 5.92 Å². The topological polar surface area (TPSA) is 71.3 Å². The van der Waals surface area contributed by atoms with E-state index in [1.165, 1.54) is 12.8 Å². The van der Waals surface area contributed by atoms with Gasteiger partial charge in [0.25, 0.3) is 0 Å². The van der Waals surface area contributed by atoms with Crippen LogP contribution in [0, 0.1) is 5.92 Å². The maximum atomic E-state index is 12.7. The maximum Gasteiger partial charge on any atom is 0.225 e. The smallest absolute Gasteiger partial charge is 0.225 e. The Morgan fingerprint density at radius 1 is 1.11 bits per heavy atom. The second-order valence-electron chi connectivity index (χ2n) is 7.75. The summed E-state index contributed by atoms with van der Waals surface area (Å²) < 4.78 is 6.07. The number of hydrogen-bond acceptors (Lipinski definition) is 5. The molecule has 1 saturated carbocycles. The van der Waals surface area contributed by atoms with Gasteiger partial charge in [-0.05, 0) is 37.8 Å². The Balaban J connectivity index is 1.41. The van der Waals surface area contributed by atoms with Crippen LogP contribution >= 0.6 is 0 Å². The van der Waals surface area contributed by atoms with Crippen molar-refractivity contribution >= 4 is 33.8 Å². The molecule has 5 rings (SSSR count). The minimum Gasteiger partial charge on any atom is -0.450 e. The normalized spacial score (nSPS) is 21.2. The van der Waals surface area contributed by atoms with E-state index in [0.29, 0.717) is 12.6 Å². The molecule has 6 heteroatoms. The molecule has 2 aliphatic rings. The molecule has 1 amide bonds. The fraction of sp³-hybridized carbons (Fsp3) is 0.476. The van der Waals surface area contributed by atoms with Crippen LogP contribution < -0.4 is 10.2 Å². The number of anilines is 1. The van der Waals surface area contributed by atoms with E-state index < -0.39 is 0 Å². The summed E-state index contributed by atoms with van der Waals surface area (Å²) in [4.78, 5) is 23.9. The van der Waals surface area contributed by atoms with Crippen LogP contribution in [0.3, 0.4) is 0 Å². The molecule has 1 aliphatic carbocycles. The molecule has 3 aromatic rings. The molecule has 1 atom stereocenters. The molecule has 1 saturated heterocycles. The first-order chi connectivity index (χ1) is 13.3. The number of amides is 1. The number of hydrogen-bond donors (Lipinski definition) is 1. The van der Waals surface area contributed by atoms with Crippen molar-refractivity contribution in [2.75, 3.05) is 18.0 Å². The summed E-state index contributed by atoms with van der Waals surface area (Å²) in [5, 5.41) is 4.26. The van der Waals surface area contributed by atoms with Crippen molar-refractivity contribution in [2.24, 2.45) is 5.92 Å². The van der Waals surface area contributed by atoms with Crippen molar-refractivity contribution in [2.45, 2.75) is 44.6 Å². The minimum absolute atomic E-state index is 0.00810. The summed E-state index contributed by atoms with van der Waals surface area (Å²) in [5.74, 6) is 1.00. The first-order valence-corrected chi connectivity index (χ1v) is 9.97. The third-order valence-corrected chi connectivity index (χ3v) is 5.93. The number of carbonyl (C=O) groups is 1. The zero-order valence-corrected chi connectivity index (χ0v) is 15.4. The quantitative estimate of drug-likeness (QED) is 0.768. The van der Waals surface area contributed by atoms with Crippen molar-refractivity contribution in [3.8, 4) is 0 Å². The Bertz CT molecular complexity index is 977. The van der Waals surface area contributed by atoms with Gasteiger partial charge in [-0.15, -0.1) is 0 Å². The predicted molar refractivity (Wildman–Crippen MR) is 105 cm³/mol. The lowest BCUT2D eigenvalue weighted by Crippen LogP contribution is -2.45. The Kier molecular flexibility index (Phi) is 4.19. The highest BCUT2D eigenvalue weighted by Crippen LogP contribution is 2.33. The third kappa shape index (κ3) is 3.03. The monoisotopic (exact) mass is 364 g/mol. The van der Waals surface area contributed by atoms with Crippen LogP contribution in [0.5, 0.6) is 0 Å². The van der Waals surface area contributed by atoms with Crippen molar-refractivity contribution < 1.29 is 9.21 Å². The number of aromatic nitrogens is 2. The molecule has 1 aromatic carbocycles. The predicted octanol–water partition coefficient (Wildman–Crippen LogP) is 3.65. The van der Waals surface area contributed by atoms with Gasteiger partial charge in [-0.1, -0.05) is 25.0 Å². The van der Waals surface area contributed by atoms with Crippen LogP contribution in [0.1, 0.15) is 38.5 Å². The number of benzene rings is 1. The molecular weight excluding hydrogens is 340 g/mol. The van der Waals surface area contributed by atoms with Crippen molar-refractivity contribution in [3.63, 3.8) is 0 Å². The highest BCUT2D eigenvalue weighted by Gasteiger charge is 2.30. The van der Waals surface area contributed by atoms with Gasteiger partial charge in [-0.3, -0.25) is 4.79 Å². The highest BCUT2D eigenvalue weighted by molar-refractivity contribution is 6.05. The van der Waals surface area contributed by atoms with Crippen molar-refractivity contribution in [1.29, 1.82) is 0 Å². The molecule has 0 unspecified atom stereocenters. The van der Waals surface area contributed by atoms with Crippen LogP contribution in [-0.4, -0.2) is 35.0 Å². The second-order valence-corrected chi connectivity index (χ2v) is 7.75. The molecule has 3 heterocycles. The SMILES string of the molecule is O=C(NC1CCCC1)[C@H]1CCCN(c2ncnc3c2oc2ccccc23)C1. The number of rotatable bonds is 3. The molecule has 1 aliphatic heterocycles. The van der Waals surface area contributed by atoms with E-state index in [1.807, 2.05) is 24.3 Å². The van der Waals surface area contributed by atoms with E-state index in [1.54, 1.807) is 6.33 Å². The molecule has 0 spiro atoms. The molecule has 1 N–H and O–H groups in total. The number of carbonyl (C=O) groups excluding carboxylic acids is 1. The lowest BCUT2D eigenvalue weighted by molar-refractivity contribution is -0.125. The van der Waals surface area contributed by atoms with Crippen molar-refractivity contribution in [1.82, 2.24) is 15.3 Å². The molecule has 6 nitrogen and oxygen atoms in total. The van der Waals surface area contributed by atoms with E-state index in [-0.39, 0.29) is 11.8 Å². The first-order valence-electron chi connectivity index (χ1n) is 9.97. The van der Waals surface area contributed by atoms with Gasteiger partial charge in [0.1, 0.15) is 17.4 Å². The minimum atomic E-state index is 0.00810. The number of piperidine rings is 1. The van der Waals surface area contributed by atoms with E-state index >= 15 is 0 Å². The van der Waals surface area contributed by atoms with E-state index in [4.69, 9.17) is 4.42 Å². The van der Waals surface area contributed by atoms with Gasteiger partial charge in [-0.2, -0.15) is 0 Å². The summed E-state index contributed by atoms with van der Waals surface area (Å²) in [7, 11) is 0. The van der Waals surface area contributed by atoms with Gasteiger partial charge >= 0.3 is 0 Å². The summed E-state index contributed by atoms with van der Waals surface area (Å²) in [6.45, 7) is 1.57. The fourth-order valence-corrected chi connectivity index (χ4v) is 4.51.